The van der Waals surface area contributed by atoms with Gasteiger partial charge in [-0.2, -0.15) is 5.10 Å². The number of hydrogen-bond donors (Lipinski definition) is 1. The van der Waals surface area contributed by atoms with E-state index < -0.39 is 0 Å². The lowest BCUT2D eigenvalue weighted by Crippen LogP contribution is -2.21. The Balaban J connectivity index is 2.52. The minimum Gasteiger partial charge on any atom is -0.311 e. The first kappa shape index (κ1) is 11.5. The highest BCUT2D eigenvalue weighted by atomic mass is 35.5. The summed E-state index contributed by atoms with van der Waals surface area (Å²) in [6, 6.07) is 0. The third kappa shape index (κ3) is 3.00. The van der Waals surface area contributed by atoms with E-state index in [9.17, 15) is 0 Å². The fraction of sp³-hybridized carbons (Fsp3) is 0.700. The summed E-state index contributed by atoms with van der Waals surface area (Å²) in [4.78, 5) is 0. The summed E-state index contributed by atoms with van der Waals surface area (Å²) in [6.45, 7) is 9.11. The van der Waals surface area contributed by atoms with E-state index in [1.54, 1.807) is 6.20 Å². The van der Waals surface area contributed by atoms with Gasteiger partial charge in [-0.1, -0.05) is 25.4 Å². The third-order valence-electron chi connectivity index (χ3n) is 2.04. The Morgan fingerprint density at radius 2 is 2.29 bits per heavy atom. The Morgan fingerprint density at radius 1 is 1.57 bits per heavy atom. The normalized spacial score (nSPS) is 11.2. The van der Waals surface area contributed by atoms with Crippen molar-refractivity contribution in [3.8, 4) is 0 Å². The van der Waals surface area contributed by atoms with Gasteiger partial charge in [0, 0.05) is 13.1 Å². The van der Waals surface area contributed by atoms with Crippen LogP contribution in [0.5, 0.6) is 0 Å². The topological polar surface area (TPSA) is 29.9 Å². The molecule has 0 unspecified atom stereocenters. The maximum Gasteiger partial charge on any atom is 0.0831 e. The fourth-order valence-electron chi connectivity index (χ4n) is 1.32. The van der Waals surface area contributed by atoms with E-state index in [0.29, 0.717) is 5.92 Å². The van der Waals surface area contributed by atoms with Crippen molar-refractivity contribution in [2.45, 2.75) is 33.9 Å². The predicted molar refractivity (Wildman–Crippen MR) is 59.5 cm³/mol. The molecule has 0 amide bonds. The molecule has 0 fully saturated rings. The molecule has 0 bridgehead atoms. The summed E-state index contributed by atoms with van der Waals surface area (Å²) in [5, 5.41) is 8.29. The van der Waals surface area contributed by atoms with Crippen LogP contribution in [0, 0.1) is 5.92 Å². The van der Waals surface area contributed by atoms with Gasteiger partial charge in [0.1, 0.15) is 0 Å². The number of hydrogen-bond acceptors (Lipinski definition) is 2. The number of nitrogens with zero attached hydrogens (tertiary/aromatic N) is 2. The monoisotopic (exact) mass is 215 g/mol. The molecule has 1 heterocycles. The van der Waals surface area contributed by atoms with Gasteiger partial charge in [-0.25, -0.2) is 0 Å². The molecule has 0 saturated carbocycles. The number of halogens is 1. The lowest BCUT2D eigenvalue weighted by atomic mass is 10.2. The minimum atomic E-state index is 0.659. The molecule has 0 radical (unpaired) electrons. The molecule has 0 aliphatic heterocycles. The Hall–Kier alpha value is -0.540. The zero-order valence-electron chi connectivity index (χ0n) is 9.05. The van der Waals surface area contributed by atoms with Crippen molar-refractivity contribution in [2.75, 3.05) is 6.54 Å². The van der Waals surface area contributed by atoms with E-state index >= 15 is 0 Å². The van der Waals surface area contributed by atoms with E-state index in [1.807, 2.05) is 4.68 Å². The second-order valence-electron chi connectivity index (χ2n) is 3.78. The van der Waals surface area contributed by atoms with E-state index in [2.05, 4.69) is 31.2 Å². The van der Waals surface area contributed by atoms with Gasteiger partial charge in [-0.15, -0.1) is 0 Å². The van der Waals surface area contributed by atoms with Crippen molar-refractivity contribution >= 4 is 11.6 Å². The minimum absolute atomic E-state index is 0.659. The summed E-state index contributed by atoms with van der Waals surface area (Å²) in [5.41, 5.74) is 1.08. The van der Waals surface area contributed by atoms with Gasteiger partial charge in [0.25, 0.3) is 0 Å². The summed E-state index contributed by atoms with van der Waals surface area (Å²) in [6.07, 6.45) is 1.71. The summed E-state index contributed by atoms with van der Waals surface area (Å²) < 4.78 is 1.93. The molecule has 1 aromatic heterocycles. The smallest absolute Gasteiger partial charge is 0.0831 e. The van der Waals surface area contributed by atoms with Gasteiger partial charge in [0.2, 0.25) is 0 Å². The number of nitrogens with one attached hydrogen (secondary N) is 1. The highest BCUT2D eigenvalue weighted by molar-refractivity contribution is 6.31. The van der Waals surface area contributed by atoms with Gasteiger partial charge in [0.15, 0.2) is 0 Å². The summed E-state index contributed by atoms with van der Waals surface area (Å²) >= 11 is 6.02. The zero-order valence-corrected chi connectivity index (χ0v) is 9.80. The van der Waals surface area contributed by atoms with Crippen LogP contribution in [0.25, 0.3) is 0 Å². The molecule has 1 aromatic rings. The van der Waals surface area contributed by atoms with Crippen LogP contribution in [0.4, 0.5) is 0 Å². The van der Waals surface area contributed by atoms with E-state index in [-0.39, 0.29) is 0 Å². The van der Waals surface area contributed by atoms with Crippen LogP contribution < -0.4 is 5.32 Å². The Morgan fingerprint density at radius 3 is 2.86 bits per heavy atom. The highest BCUT2D eigenvalue weighted by Gasteiger charge is 2.06. The molecular weight excluding hydrogens is 198 g/mol. The molecule has 3 nitrogen and oxygen atoms in total. The van der Waals surface area contributed by atoms with Crippen LogP contribution in [0.15, 0.2) is 6.20 Å². The quantitative estimate of drug-likeness (QED) is 0.817. The molecule has 1 N–H and O–H groups in total. The second kappa shape index (κ2) is 5.37. The molecule has 14 heavy (non-hydrogen) atoms. The number of rotatable bonds is 5. The molecule has 0 aliphatic carbocycles. The van der Waals surface area contributed by atoms with E-state index in [4.69, 9.17) is 11.6 Å². The van der Waals surface area contributed by atoms with Crippen LogP contribution in [0.3, 0.4) is 0 Å². The fourth-order valence-corrected chi connectivity index (χ4v) is 1.52. The van der Waals surface area contributed by atoms with Crippen LogP contribution in [-0.2, 0) is 13.1 Å². The molecule has 0 aromatic carbocycles. The molecular formula is C10H18ClN3. The average molecular weight is 216 g/mol. The van der Waals surface area contributed by atoms with Crippen LogP contribution in [-0.4, -0.2) is 16.3 Å². The van der Waals surface area contributed by atoms with Gasteiger partial charge < -0.3 is 5.32 Å². The van der Waals surface area contributed by atoms with E-state index in [0.717, 1.165) is 30.4 Å². The summed E-state index contributed by atoms with van der Waals surface area (Å²) in [5.74, 6) is 0.659. The highest BCUT2D eigenvalue weighted by Crippen LogP contribution is 2.14. The average Bonchev–Trinajstić information content (AvgIpc) is 2.47. The molecule has 0 saturated heterocycles. The van der Waals surface area contributed by atoms with Crippen molar-refractivity contribution in [1.29, 1.82) is 0 Å². The SMILES string of the molecule is CCn1ncc(Cl)c1CNCC(C)C. The molecule has 4 heteroatoms. The van der Waals surface area contributed by atoms with Gasteiger partial charge in [0.05, 0.1) is 16.9 Å². The lowest BCUT2D eigenvalue weighted by molar-refractivity contribution is 0.525. The molecule has 0 aliphatic rings. The lowest BCUT2D eigenvalue weighted by Gasteiger charge is -2.09. The van der Waals surface area contributed by atoms with E-state index in [1.165, 1.54) is 0 Å². The van der Waals surface area contributed by atoms with Gasteiger partial charge >= 0.3 is 0 Å². The zero-order chi connectivity index (χ0) is 10.6. The predicted octanol–water partition coefficient (Wildman–Crippen LogP) is 2.30. The maximum atomic E-state index is 6.02. The number of aromatic nitrogens is 2. The first-order chi connectivity index (χ1) is 6.65. The van der Waals surface area contributed by atoms with Crippen molar-refractivity contribution in [2.24, 2.45) is 5.92 Å². The maximum absolute atomic E-state index is 6.02. The van der Waals surface area contributed by atoms with Crippen molar-refractivity contribution < 1.29 is 0 Å². The Labute approximate surface area is 90.4 Å². The molecule has 0 spiro atoms. The second-order valence-corrected chi connectivity index (χ2v) is 4.19. The van der Waals surface area contributed by atoms with Crippen LogP contribution in [0.2, 0.25) is 5.02 Å². The first-order valence-corrected chi connectivity index (χ1v) is 5.43. The number of aryl methyl sites for hydroxylation is 1. The van der Waals surface area contributed by atoms with Crippen molar-refractivity contribution in [3.63, 3.8) is 0 Å². The largest absolute Gasteiger partial charge is 0.311 e. The van der Waals surface area contributed by atoms with Crippen LogP contribution in [0.1, 0.15) is 26.5 Å². The summed E-state index contributed by atoms with van der Waals surface area (Å²) in [7, 11) is 0. The first-order valence-electron chi connectivity index (χ1n) is 5.06. The Bertz CT molecular complexity index is 281. The third-order valence-corrected chi connectivity index (χ3v) is 2.36. The Kier molecular flexibility index (Phi) is 4.42. The van der Waals surface area contributed by atoms with Crippen molar-refractivity contribution in [3.05, 3.63) is 16.9 Å². The van der Waals surface area contributed by atoms with Gasteiger partial charge in [-0.05, 0) is 19.4 Å². The molecule has 0 atom stereocenters. The van der Waals surface area contributed by atoms with Crippen LogP contribution >= 0.6 is 11.6 Å². The molecule has 1 rings (SSSR count). The molecule has 80 valence electrons. The van der Waals surface area contributed by atoms with Gasteiger partial charge in [-0.3, -0.25) is 4.68 Å². The standard InChI is InChI=1S/C10H18ClN3/c1-4-14-10(9(11)6-13-14)7-12-5-8(2)3/h6,8,12H,4-5,7H2,1-3H3. The van der Waals surface area contributed by atoms with Crippen molar-refractivity contribution in [1.82, 2.24) is 15.1 Å².